The zero-order valence-corrected chi connectivity index (χ0v) is 10.4. The fourth-order valence-electron chi connectivity index (χ4n) is 2.10. The zero-order valence-electron chi connectivity index (χ0n) is 10.4. The molecule has 1 unspecified atom stereocenters. The molecule has 1 aromatic heterocycles. The van der Waals surface area contributed by atoms with Crippen LogP contribution in [-0.2, 0) is 13.5 Å². The summed E-state index contributed by atoms with van der Waals surface area (Å²) >= 11 is 0. The Morgan fingerprint density at radius 2 is 2.00 bits per heavy atom. The van der Waals surface area contributed by atoms with Crippen molar-refractivity contribution in [1.82, 2.24) is 15.1 Å². The summed E-state index contributed by atoms with van der Waals surface area (Å²) in [7, 11) is 3.95. The van der Waals surface area contributed by atoms with Crippen LogP contribution in [0, 0.1) is 0 Å². The molecule has 0 aliphatic heterocycles. The van der Waals surface area contributed by atoms with Crippen LogP contribution >= 0.6 is 0 Å². The minimum atomic E-state index is 0.482. The fourth-order valence-corrected chi connectivity index (χ4v) is 2.10. The van der Waals surface area contributed by atoms with E-state index in [1.165, 1.54) is 5.56 Å². The number of aryl methyl sites for hydroxylation is 1. The van der Waals surface area contributed by atoms with Crippen molar-refractivity contribution in [2.45, 2.75) is 12.3 Å². The Hall–Kier alpha value is -1.61. The highest BCUT2D eigenvalue weighted by molar-refractivity contribution is 5.22. The van der Waals surface area contributed by atoms with Gasteiger partial charge in [-0.25, -0.2) is 0 Å². The molecule has 90 valence electrons. The maximum atomic E-state index is 4.45. The molecular formula is C14H19N3. The van der Waals surface area contributed by atoms with Gasteiger partial charge in [-0.1, -0.05) is 30.3 Å². The molecular weight excluding hydrogens is 210 g/mol. The van der Waals surface area contributed by atoms with Crippen molar-refractivity contribution in [2.24, 2.45) is 7.05 Å². The third-order valence-corrected chi connectivity index (χ3v) is 2.95. The van der Waals surface area contributed by atoms with Crippen LogP contribution in [0.15, 0.2) is 42.6 Å². The molecule has 17 heavy (non-hydrogen) atoms. The lowest BCUT2D eigenvalue weighted by Crippen LogP contribution is -2.19. The molecule has 0 radical (unpaired) electrons. The van der Waals surface area contributed by atoms with Gasteiger partial charge in [-0.15, -0.1) is 0 Å². The number of rotatable bonds is 5. The summed E-state index contributed by atoms with van der Waals surface area (Å²) in [6.45, 7) is 0.973. The van der Waals surface area contributed by atoms with Crippen molar-refractivity contribution in [3.8, 4) is 0 Å². The summed E-state index contributed by atoms with van der Waals surface area (Å²) in [5, 5.41) is 7.71. The highest BCUT2D eigenvalue weighted by Gasteiger charge is 2.12. The third kappa shape index (κ3) is 3.17. The lowest BCUT2D eigenvalue weighted by Gasteiger charge is -2.15. The van der Waals surface area contributed by atoms with E-state index >= 15 is 0 Å². The molecule has 0 saturated heterocycles. The van der Waals surface area contributed by atoms with Crippen molar-refractivity contribution in [1.29, 1.82) is 0 Å². The lowest BCUT2D eigenvalue weighted by atomic mass is 9.94. The molecule has 0 aliphatic rings. The Bertz CT molecular complexity index is 448. The van der Waals surface area contributed by atoms with Gasteiger partial charge in [0.2, 0.25) is 0 Å². The van der Waals surface area contributed by atoms with Gasteiger partial charge in [0.1, 0.15) is 0 Å². The molecule has 1 atom stereocenters. The van der Waals surface area contributed by atoms with E-state index in [-0.39, 0.29) is 0 Å². The van der Waals surface area contributed by atoms with Gasteiger partial charge < -0.3 is 5.32 Å². The van der Waals surface area contributed by atoms with Crippen molar-refractivity contribution in [3.63, 3.8) is 0 Å². The smallest absolute Gasteiger partial charge is 0.0631 e. The maximum absolute atomic E-state index is 4.45. The van der Waals surface area contributed by atoms with Gasteiger partial charge in [-0.2, -0.15) is 5.10 Å². The van der Waals surface area contributed by atoms with Gasteiger partial charge in [0.25, 0.3) is 0 Å². The quantitative estimate of drug-likeness (QED) is 0.849. The number of likely N-dealkylation sites (N-methyl/N-ethyl adjacent to an activating group) is 1. The van der Waals surface area contributed by atoms with E-state index in [1.54, 1.807) is 0 Å². The van der Waals surface area contributed by atoms with Crippen LogP contribution in [0.5, 0.6) is 0 Å². The molecule has 3 nitrogen and oxygen atoms in total. The van der Waals surface area contributed by atoms with Crippen molar-refractivity contribution in [3.05, 3.63) is 53.9 Å². The number of nitrogens with one attached hydrogen (secondary N) is 1. The minimum absolute atomic E-state index is 0.482. The van der Waals surface area contributed by atoms with Crippen LogP contribution in [0.4, 0.5) is 0 Å². The first-order valence-corrected chi connectivity index (χ1v) is 5.97. The second-order valence-corrected chi connectivity index (χ2v) is 4.35. The SMILES string of the molecule is CNCC(Cc1ccn(C)n1)c1ccccc1. The van der Waals surface area contributed by atoms with E-state index in [1.807, 2.05) is 25.0 Å². The van der Waals surface area contributed by atoms with Gasteiger partial charge >= 0.3 is 0 Å². The Morgan fingerprint density at radius 3 is 2.59 bits per heavy atom. The summed E-state index contributed by atoms with van der Waals surface area (Å²) in [4.78, 5) is 0. The monoisotopic (exact) mass is 229 g/mol. The molecule has 2 rings (SSSR count). The van der Waals surface area contributed by atoms with Crippen LogP contribution in [0.2, 0.25) is 0 Å². The Kier molecular flexibility index (Phi) is 3.94. The Balaban J connectivity index is 2.13. The normalized spacial score (nSPS) is 12.6. The van der Waals surface area contributed by atoms with Crippen molar-refractivity contribution >= 4 is 0 Å². The standard InChI is InChI=1S/C14H19N3/c1-15-11-13(12-6-4-3-5-7-12)10-14-8-9-17(2)16-14/h3-9,13,15H,10-11H2,1-2H3. The van der Waals surface area contributed by atoms with Gasteiger partial charge in [-0.3, -0.25) is 4.68 Å². The van der Waals surface area contributed by atoms with Gasteiger partial charge in [0.05, 0.1) is 5.69 Å². The molecule has 0 fully saturated rings. The van der Waals surface area contributed by atoms with Crippen LogP contribution in [0.1, 0.15) is 17.2 Å². The molecule has 1 N–H and O–H groups in total. The highest BCUT2D eigenvalue weighted by Crippen LogP contribution is 2.19. The number of benzene rings is 1. The summed E-state index contributed by atoms with van der Waals surface area (Å²) in [5.41, 5.74) is 2.52. The number of nitrogens with zero attached hydrogens (tertiary/aromatic N) is 2. The summed E-state index contributed by atoms with van der Waals surface area (Å²) in [6, 6.07) is 12.7. The van der Waals surface area contributed by atoms with E-state index in [0.29, 0.717) is 5.92 Å². The molecule has 0 saturated carbocycles. The zero-order chi connectivity index (χ0) is 12.1. The summed E-state index contributed by atoms with van der Waals surface area (Å²) in [5.74, 6) is 0.482. The number of hydrogen-bond acceptors (Lipinski definition) is 2. The number of aromatic nitrogens is 2. The third-order valence-electron chi connectivity index (χ3n) is 2.95. The average molecular weight is 229 g/mol. The van der Waals surface area contributed by atoms with Crippen LogP contribution in [-0.4, -0.2) is 23.4 Å². The second kappa shape index (κ2) is 5.64. The topological polar surface area (TPSA) is 29.9 Å². The van der Waals surface area contributed by atoms with Crippen LogP contribution in [0.3, 0.4) is 0 Å². The molecule has 3 heteroatoms. The van der Waals surface area contributed by atoms with Gasteiger partial charge in [0.15, 0.2) is 0 Å². The van der Waals surface area contributed by atoms with Gasteiger partial charge in [0, 0.05) is 25.7 Å². The van der Waals surface area contributed by atoms with E-state index < -0.39 is 0 Å². The summed E-state index contributed by atoms with van der Waals surface area (Å²) in [6.07, 6.45) is 2.97. The summed E-state index contributed by atoms with van der Waals surface area (Å²) < 4.78 is 1.86. The molecule has 0 bridgehead atoms. The maximum Gasteiger partial charge on any atom is 0.0631 e. The van der Waals surface area contributed by atoms with Crippen LogP contribution < -0.4 is 5.32 Å². The Labute approximate surface area is 102 Å². The number of hydrogen-bond donors (Lipinski definition) is 1. The molecule has 0 amide bonds. The molecule has 2 aromatic rings. The Morgan fingerprint density at radius 1 is 1.24 bits per heavy atom. The van der Waals surface area contributed by atoms with Crippen molar-refractivity contribution in [2.75, 3.05) is 13.6 Å². The molecule has 0 aliphatic carbocycles. The molecule has 1 heterocycles. The van der Waals surface area contributed by atoms with E-state index in [4.69, 9.17) is 0 Å². The highest BCUT2D eigenvalue weighted by atomic mass is 15.2. The first-order chi connectivity index (χ1) is 8.29. The van der Waals surface area contributed by atoms with E-state index in [2.05, 4.69) is 46.8 Å². The largest absolute Gasteiger partial charge is 0.319 e. The van der Waals surface area contributed by atoms with Gasteiger partial charge in [-0.05, 0) is 25.1 Å². The lowest BCUT2D eigenvalue weighted by molar-refractivity contribution is 0.609. The first-order valence-electron chi connectivity index (χ1n) is 5.97. The van der Waals surface area contributed by atoms with Crippen molar-refractivity contribution < 1.29 is 0 Å². The average Bonchev–Trinajstić information content (AvgIpc) is 2.75. The first kappa shape index (κ1) is 11.9. The fraction of sp³-hybridized carbons (Fsp3) is 0.357. The van der Waals surface area contributed by atoms with E-state index in [9.17, 15) is 0 Å². The molecule has 1 aromatic carbocycles. The second-order valence-electron chi connectivity index (χ2n) is 4.35. The minimum Gasteiger partial charge on any atom is -0.319 e. The van der Waals surface area contributed by atoms with E-state index in [0.717, 1.165) is 18.7 Å². The predicted octanol–water partition coefficient (Wildman–Crippen LogP) is 1.97. The predicted molar refractivity (Wildman–Crippen MR) is 70.0 cm³/mol. The molecule has 0 spiro atoms. The van der Waals surface area contributed by atoms with Crippen LogP contribution in [0.25, 0.3) is 0 Å².